The van der Waals surface area contributed by atoms with Crippen LogP contribution >= 0.6 is 0 Å². The first-order chi connectivity index (χ1) is 13.2. The quantitative estimate of drug-likeness (QED) is 0.621. The fraction of sp³-hybridized carbons (Fsp3) is 0.263. The normalized spacial score (nSPS) is 12.2. The van der Waals surface area contributed by atoms with Crippen molar-refractivity contribution in [2.75, 3.05) is 11.9 Å². The van der Waals surface area contributed by atoms with Crippen LogP contribution in [0.5, 0.6) is 0 Å². The standard InChI is InChI=1S/C19H22FN3O4S/c1-13(19(25)21-11-10-15-4-3-5-16(20)12-15)23-28(26,27)18-8-6-17(7-9-18)22-14(2)24/h3-9,12-13,23H,10-11H2,1-2H3,(H,21,25)(H,22,24)/t13-/m0/s1. The molecule has 7 nitrogen and oxygen atoms in total. The number of benzene rings is 2. The lowest BCUT2D eigenvalue weighted by atomic mass is 10.1. The average Bonchev–Trinajstić information content (AvgIpc) is 2.61. The molecule has 0 unspecified atom stereocenters. The maximum Gasteiger partial charge on any atom is 0.241 e. The molecule has 0 saturated heterocycles. The molecule has 0 aromatic heterocycles. The number of nitrogens with one attached hydrogen (secondary N) is 3. The predicted octanol–water partition coefficient (Wildman–Crippen LogP) is 1.81. The van der Waals surface area contributed by atoms with E-state index in [1.807, 2.05) is 0 Å². The second-order valence-electron chi connectivity index (χ2n) is 6.22. The Kier molecular flexibility index (Phi) is 7.24. The van der Waals surface area contributed by atoms with Crippen LogP contribution in [0.15, 0.2) is 53.4 Å². The highest BCUT2D eigenvalue weighted by Crippen LogP contribution is 2.14. The van der Waals surface area contributed by atoms with Crippen molar-refractivity contribution in [3.63, 3.8) is 0 Å². The largest absolute Gasteiger partial charge is 0.354 e. The Morgan fingerprint density at radius 1 is 1.11 bits per heavy atom. The molecule has 9 heteroatoms. The summed E-state index contributed by atoms with van der Waals surface area (Å²) < 4.78 is 40.2. The van der Waals surface area contributed by atoms with Gasteiger partial charge in [-0.3, -0.25) is 9.59 Å². The number of anilines is 1. The number of rotatable bonds is 8. The van der Waals surface area contributed by atoms with Crippen LogP contribution in [0.4, 0.5) is 10.1 Å². The van der Waals surface area contributed by atoms with E-state index in [1.165, 1.54) is 50.2 Å². The number of carbonyl (C=O) groups is 2. The minimum Gasteiger partial charge on any atom is -0.354 e. The molecule has 2 rings (SSSR count). The summed E-state index contributed by atoms with van der Waals surface area (Å²) in [7, 11) is -3.91. The van der Waals surface area contributed by atoms with Crippen LogP contribution in [0.2, 0.25) is 0 Å². The Bertz CT molecular complexity index is 946. The van der Waals surface area contributed by atoms with Gasteiger partial charge in [0.15, 0.2) is 0 Å². The summed E-state index contributed by atoms with van der Waals surface area (Å²) in [5, 5.41) is 5.16. The lowest BCUT2D eigenvalue weighted by Gasteiger charge is -2.15. The Labute approximate surface area is 163 Å². The molecule has 0 bridgehead atoms. The first-order valence-corrected chi connectivity index (χ1v) is 10.1. The molecule has 28 heavy (non-hydrogen) atoms. The predicted molar refractivity (Wildman–Crippen MR) is 104 cm³/mol. The zero-order valence-corrected chi connectivity index (χ0v) is 16.3. The minimum absolute atomic E-state index is 0.0268. The first-order valence-electron chi connectivity index (χ1n) is 8.59. The van der Waals surface area contributed by atoms with Crippen molar-refractivity contribution in [1.82, 2.24) is 10.0 Å². The molecule has 0 radical (unpaired) electrons. The van der Waals surface area contributed by atoms with Gasteiger partial charge >= 0.3 is 0 Å². The minimum atomic E-state index is -3.91. The molecule has 0 fully saturated rings. The maximum absolute atomic E-state index is 13.1. The molecule has 0 spiro atoms. The SMILES string of the molecule is CC(=O)Nc1ccc(S(=O)(=O)N[C@@H](C)C(=O)NCCc2cccc(F)c2)cc1. The van der Waals surface area contributed by atoms with Crippen LogP contribution in [0, 0.1) is 5.82 Å². The highest BCUT2D eigenvalue weighted by Gasteiger charge is 2.21. The van der Waals surface area contributed by atoms with E-state index in [0.717, 1.165) is 5.56 Å². The second-order valence-corrected chi connectivity index (χ2v) is 7.93. The molecule has 1 atom stereocenters. The number of halogens is 1. The summed E-state index contributed by atoms with van der Waals surface area (Å²) >= 11 is 0. The van der Waals surface area contributed by atoms with Gasteiger partial charge in [0, 0.05) is 19.2 Å². The third-order valence-electron chi connectivity index (χ3n) is 3.81. The molecule has 0 aliphatic rings. The van der Waals surface area contributed by atoms with Crippen molar-refractivity contribution in [2.45, 2.75) is 31.2 Å². The van der Waals surface area contributed by atoms with Gasteiger partial charge in [-0.2, -0.15) is 4.72 Å². The molecular formula is C19H22FN3O4S. The van der Waals surface area contributed by atoms with Gasteiger partial charge in [-0.05, 0) is 55.3 Å². The van der Waals surface area contributed by atoms with Crippen molar-refractivity contribution >= 4 is 27.5 Å². The van der Waals surface area contributed by atoms with Crippen molar-refractivity contribution < 1.29 is 22.4 Å². The average molecular weight is 407 g/mol. The number of amides is 2. The molecule has 150 valence electrons. The fourth-order valence-corrected chi connectivity index (χ4v) is 3.65. The topological polar surface area (TPSA) is 104 Å². The third-order valence-corrected chi connectivity index (χ3v) is 5.37. The van der Waals surface area contributed by atoms with Crippen LogP contribution in [-0.4, -0.2) is 32.8 Å². The van der Waals surface area contributed by atoms with Gasteiger partial charge < -0.3 is 10.6 Å². The van der Waals surface area contributed by atoms with Crippen LogP contribution in [0.3, 0.4) is 0 Å². The van der Waals surface area contributed by atoms with Gasteiger partial charge in [-0.15, -0.1) is 0 Å². The molecule has 0 saturated carbocycles. The molecule has 0 aliphatic heterocycles. The number of hydrogen-bond donors (Lipinski definition) is 3. The summed E-state index contributed by atoms with van der Waals surface area (Å²) in [5.41, 5.74) is 1.20. The van der Waals surface area contributed by atoms with Gasteiger partial charge in [0.1, 0.15) is 5.82 Å². The van der Waals surface area contributed by atoms with Crippen molar-refractivity contribution in [2.24, 2.45) is 0 Å². The lowest BCUT2D eigenvalue weighted by Crippen LogP contribution is -2.45. The van der Waals surface area contributed by atoms with Crippen LogP contribution in [0.25, 0.3) is 0 Å². The first kappa shape index (κ1) is 21.5. The summed E-state index contributed by atoms with van der Waals surface area (Å²) in [4.78, 5) is 23.1. The summed E-state index contributed by atoms with van der Waals surface area (Å²) in [5.74, 6) is -1.11. The lowest BCUT2D eigenvalue weighted by molar-refractivity contribution is -0.122. The number of hydrogen-bond acceptors (Lipinski definition) is 4. The third kappa shape index (κ3) is 6.43. The molecule has 0 aliphatic carbocycles. The van der Waals surface area contributed by atoms with Crippen LogP contribution in [0.1, 0.15) is 19.4 Å². The second kappa shape index (κ2) is 9.43. The molecule has 0 heterocycles. The van der Waals surface area contributed by atoms with Crippen LogP contribution in [-0.2, 0) is 26.0 Å². The molecule has 3 N–H and O–H groups in total. The summed E-state index contributed by atoms with van der Waals surface area (Å²) in [6.07, 6.45) is 0.424. The molecule has 2 aromatic rings. The Balaban J connectivity index is 1.89. The molecular weight excluding hydrogens is 385 g/mol. The summed E-state index contributed by atoms with van der Waals surface area (Å²) in [6, 6.07) is 10.6. The van der Waals surface area contributed by atoms with Crippen molar-refractivity contribution in [3.05, 3.63) is 59.9 Å². The van der Waals surface area contributed by atoms with Crippen LogP contribution < -0.4 is 15.4 Å². The van der Waals surface area contributed by atoms with E-state index in [2.05, 4.69) is 15.4 Å². The monoisotopic (exact) mass is 407 g/mol. The van der Waals surface area contributed by atoms with Gasteiger partial charge in [-0.1, -0.05) is 12.1 Å². The Morgan fingerprint density at radius 3 is 2.39 bits per heavy atom. The fourth-order valence-electron chi connectivity index (χ4n) is 2.45. The van der Waals surface area contributed by atoms with E-state index < -0.39 is 22.0 Å². The zero-order valence-electron chi connectivity index (χ0n) is 15.5. The maximum atomic E-state index is 13.1. The van der Waals surface area contributed by atoms with Gasteiger partial charge in [-0.25, -0.2) is 12.8 Å². The zero-order chi connectivity index (χ0) is 20.7. The van der Waals surface area contributed by atoms with Crippen molar-refractivity contribution in [3.8, 4) is 0 Å². The van der Waals surface area contributed by atoms with E-state index in [0.29, 0.717) is 12.1 Å². The van der Waals surface area contributed by atoms with Gasteiger partial charge in [0.05, 0.1) is 10.9 Å². The van der Waals surface area contributed by atoms with Crippen molar-refractivity contribution in [1.29, 1.82) is 0 Å². The van der Waals surface area contributed by atoms with E-state index in [9.17, 15) is 22.4 Å². The van der Waals surface area contributed by atoms with E-state index in [1.54, 1.807) is 12.1 Å². The van der Waals surface area contributed by atoms with E-state index in [4.69, 9.17) is 0 Å². The van der Waals surface area contributed by atoms with E-state index >= 15 is 0 Å². The van der Waals surface area contributed by atoms with Gasteiger partial charge in [0.2, 0.25) is 21.8 Å². The summed E-state index contributed by atoms with van der Waals surface area (Å²) in [6.45, 7) is 3.03. The number of sulfonamides is 1. The Hall–Kier alpha value is -2.78. The Morgan fingerprint density at radius 2 is 1.79 bits per heavy atom. The highest BCUT2D eigenvalue weighted by molar-refractivity contribution is 7.89. The number of carbonyl (C=O) groups excluding carboxylic acids is 2. The smallest absolute Gasteiger partial charge is 0.241 e. The van der Waals surface area contributed by atoms with Gasteiger partial charge in [0.25, 0.3) is 0 Å². The molecule has 2 amide bonds. The highest BCUT2D eigenvalue weighted by atomic mass is 32.2. The molecule has 2 aromatic carbocycles. The van der Waals surface area contributed by atoms with E-state index in [-0.39, 0.29) is 23.2 Å².